The molecule has 0 bridgehead atoms. The fraction of sp³-hybridized carbons (Fsp3) is 0.500. The number of halogens is 1. The Balaban J connectivity index is 1.43. The second kappa shape index (κ2) is 9.14. The normalized spacial score (nSPS) is 15.2. The highest BCUT2D eigenvalue weighted by Gasteiger charge is 2.22. The van der Waals surface area contributed by atoms with Gasteiger partial charge in [-0.15, -0.1) is 16.9 Å². The predicted octanol–water partition coefficient (Wildman–Crippen LogP) is 2.56. The van der Waals surface area contributed by atoms with Crippen LogP contribution in [0, 0.1) is 12.7 Å². The second-order valence-corrected chi connectivity index (χ2v) is 7.53. The smallest absolute Gasteiger partial charge is 0.273 e. The van der Waals surface area contributed by atoms with Gasteiger partial charge in [0.15, 0.2) is 5.69 Å². The molecular formula is C18H24FN5OS. The van der Waals surface area contributed by atoms with Crippen LogP contribution in [0.2, 0.25) is 0 Å². The van der Waals surface area contributed by atoms with E-state index in [4.69, 9.17) is 0 Å². The number of benzene rings is 1. The molecule has 0 atom stereocenters. The highest BCUT2D eigenvalue weighted by molar-refractivity contribution is 7.99. The van der Waals surface area contributed by atoms with Gasteiger partial charge >= 0.3 is 0 Å². The summed E-state index contributed by atoms with van der Waals surface area (Å²) in [6.45, 7) is 4.42. The maximum atomic E-state index is 12.9. The van der Waals surface area contributed by atoms with Crippen LogP contribution in [0.1, 0.15) is 41.5 Å². The first-order valence-corrected chi connectivity index (χ1v) is 9.93. The van der Waals surface area contributed by atoms with Crippen LogP contribution in [-0.4, -0.2) is 46.3 Å². The highest BCUT2D eigenvalue weighted by atomic mass is 32.2. The Morgan fingerprint density at radius 2 is 2.08 bits per heavy atom. The zero-order valence-electron chi connectivity index (χ0n) is 14.9. The number of carbonyl (C=O) groups is 1. The number of thioether (sulfide) groups is 1. The lowest BCUT2D eigenvalue weighted by Crippen LogP contribution is -2.30. The van der Waals surface area contributed by atoms with Crippen molar-refractivity contribution in [3.8, 4) is 0 Å². The molecule has 0 radical (unpaired) electrons. The molecule has 3 rings (SSSR count). The van der Waals surface area contributed by atoms with Crippen molar-refractivity contribution in [2.45, 2.75) is 37.1 Å². The summed E-state index contributed by atoms with van der Waals surface area (Å²) in [5.74, 6) is 0.455. The van der Waals surface area contributed by atoms with E-state index in [1.807, 2.05) is 11.6 Å². The zero-order chi connectivity index (χ0) is 18.4. The number of hydrogen-bond acceptors (Lipinski definition) is 5. The molecule has 1 aliphatic rings. The molecule has 1 saturated heterocycles. The van der Waals surface area contributed by atoms with Gasteiger partial charge in [-0.2, -0.15) is 0 Å². The van der Waals surface area contributed by atoms with E-state index in [0.717, 1.165) is 48.7 Å². The van der Waals surface area contributed by atoms with E-state index in [1.54, 1.807) is 23.9 Å². The Morgan fingerprint density at radius 3 is 2.81 bits per heavy atom. The second-order valence-electron chi connectivity index (χ2n) is 6.36. The Labute approximate surface area is 156 Å². The molecule has 2 heterocycles. The maximum Gasteiger partial charge on any atom is 0.273 e. The number of nitrogens with zero attached hydrogens (tertiary/aromatic N) is 3. The van der Waals surface area contributed by atoms with Gasteiger partial charge in [0.1, 0.15) is 5.82 Å². The molecule has 6 nitrogen and oxygen atoms in total. The maximum absolute atomic E-state index is 12.9. The molecular weight excluding hydrogens is 353 g/mol. The SMILES string of the molecule is Cc1c(C(=O)NCCCSc2ccc(F)cc2)nnn1C1CCNCC1. The minimum atomic E-state index is -0.227. The molecule has 1 amide bonds. The summed E-state index contributed by atoms with van der Waals surface area (Å²) >= 11 is 1.65. The van der Waals surface area contributed by atoms with Crippen LogP contribution in [0.15, 0.2) is 29.2 Å². The van der Waals surface area contributed by atoms with Gasteiger partial charge in [-0.3, -0.25) is 4.79 Å². The number of aromatic nitrogens is 3. The van der Waals surface area contributed by atoms with E-state index < -0.39 is 0 Å². The number of hydrogen-bond donors (Lipinski definition) is 2. The standard InChI is InChI=1S/C18H24FN5OS/c1-13-17(22-23-24(13)15-7-10-20-11-8-15)18(25)21-9-2-12-26-16-5-3-14(19)4-6-16/h3-6,15,20H,2,7-12H2,1H3,(H,21,25). The third-order valence-electron chi connectivity index (χ3n) is 4.49. The average molecular weight is 377 g/mol. The summed E-state index contributed by atoms with van der Waals surface area (Å²) in [5, 5.41) is 14.5. The summed E-state index contributed by atoms with van der Waals surface area (Å²) in [5.41, 5.74) is 1.24. The summed E-state index contributed by atoms with van der Waals surface area (Å²) in [7, 11) is 0. The topological polar surface area (TPSA) is 71.8 Å². The van der Waals surface area contributed by atoms with Crippen LogP contribution in [0.5, 0.6) is 0 Å². The van der Waals surface area contributed by atoms with Crippen molar-refractivity contribution in [3.63, 3.8) is 0 Å². The van der Waals surface area contributed by atoms with Crippen LogP contribution in [0.25, 0.3) is 0 Å². The lowest BCUT2D eigenvalue weighted by atomic mass is 10.1. The highest BCUT2D eigenvalue weighted by Crippen LogP contribution is 2.20. The van der Waals surface area contributed by atoms with Gasteiger partial charge in [0.25, 0.3) is 5.91 Å². The van der Waals surface area contributed by atoms with Crippen LogP contribution in [0.4, 0.5) is 4.39 Å². The van der Waals surface area contributed by atoms with E-state index in [-0.39, 0.29) is 11.7 Å². The molecule has 0 spiro atoms. The molecule has 140 valence electrons. The number of nitrogens with one attached hydrogen (secondary N) is 2. The van der Waals surface area contributed by atoms with Crippen molar-refractivity contribution in [3.05, 3.63) is 41.5 Å². The molecule has 2 N–H and O–H groups in total. The molecule has 1 fully saturated rings. The first-order chi connectivity index (χ1) is 12.6. The zero-order valence-corrected chi connectivity index (χ0v) is 15.7. The molecule has 2 aromatic rings. The quantitative estimate of drug-likeness (QED) is 0.573. The van der Waals surface area contributed by atoms with Crippen LogP contribution in [-0.2, 0) is 0 Å². The van der Waals surface area contributed by atoms with Crippen LogP contribution >= 0.6 is 11.8 Å². The van der Waals surface area contributed by atoms with E-state index in [9.17, 15) is 9.18 Å². The summed E-state index contributed by atoms with van der Waals surface area (Å²) in [6, 6.07) is 6.76. The lowest BCUT2D eigenvalue weighted by Gasteiger charge is -2.23. The summed E-state index contributed by atoms with van der Waals surface area (Å²) in [6.07, 6.45) is 2.84. The number of rotatable bonds is 7. The molecule has 1 aromatic carbocycles. The van der Waals surface area contributed by atoms with Gasteiger partial charge in [-0.25, -0.2) is 9.07 Å². The van der Waals surface area contributed by atoms with E-state index >= 15 is 0 Å². The van der Waals surface area contributed by atoms with Crippen molar-refractivity contribution >= 4 is 17.7 Å². The minimum absolute atomic E-state index is 0.172. The molecule has 8 heteroatoms. The third-order valence-corrected chi connectivity index (χ3v) is 5.58. The number of carbonyl (C=O) groups excluding carboxylic acids is 1. The summed E-state index contributed by atoms with van der Waals surface area (Å²) < 4.78 is 14.7. The largest absolute Gasteiger partial charge is 0.351 e. The Morgan fingerprint density at radius 1 is 1.35 bits per heavy atom. The fourth-order valence-corrected chi connectivity index (χ4v) is 3.88. The van der Waals surface area contributed by atoms with Gasteiger partial charge in [0.2, 0.25) is 0 Å². The first-order valence-electron chi connectivity index (χ1n) is 8.94. The molecule has 1 aliphatic heterocycles. The fourth-order valence-electron chi connectivity index (χ4n) is 3.03. The van der Waals surface area contributed by atoms with Crippen molar-refractivity contribution in [1.29, 1.82) is 0 Å². The summed E-state index contributed by atoms with van der Waals surface area (Å²) in [4.78, 5) is 13.4. The van der Waals surface area contributed by atoms with Crippen molar-refractivity contribution in [2.24, 2.45) is 0 Å². The molecule has 0 unspecified atom stereocenters. The average Bonchev–Trinajstić information content (AvgIpc) is 3.05. The van der Waals surface area contributed by atoms with Gasteiger partial charge < -0.3 is 10.6 Å². The molecule has 26 heavy (non-hydrogen) atoms. The first kappa shape index (κ1) is 18.8. The predicted molar refractivity (Wildman–Crippen MR) is 100.0 cm³/mol. The number of amides is 1. The minimum Gasteiger partial charge on any atom is -0.351 e. The van der Waals surface area contributed by atoms with Gasteiger partial charge in [0, 0.05) is 11.4 Å². The van der Waals surface area contributed by atoms with Crippen LogP contribution < -0.4 is 10.6 Å². The third kappa shape index (κ3) is 4.82. The van der Waals surface area contributed by atoms with Crippen molar-refractivity contribution < 1.29 is 9.18 Å². The van der Waals surface area contributed by atoms with E-state index in [1.165, 1.54) is 12.1 Å². The Hall–Kier alpha value is -1.93. The van der Waals surface area contributed by atoms with Crippen LogP contribution in [0.3, 0.4) is 0 Å². The van der Waals surface area contributed by atoms with Gasteiger partial charge in [-0.1, -0.05) is 5.21 Å². The molecule has 0 aliphatic carbocycles. The monoisotopic (exact) mass is 377 g/mol. The lowest BCUT2D eigenvalue weighted by molar-refractivity contribution is 0.0948. The van der Waals surface area contributed by atoms with Crippen molar-refractivity contribution in [2.75, 3.05) is 25.4 Å². The van der Waals surface area contributed by atoms with E-state index in [2.05, 4.69) is 20.9 Å². The van der Waals surface area contributed by atoms with Gasteiger partial charge in [0.05, 0.1) is 11.7 Å². The Bertz CT molecular complexity index is 728. The number of piperidine rings is 1. The molecule has 1 aromatic heterocycles. The molecule has 0 saturated carbocycles. The van der Waals surface area contributed by atoms with Gasteiger partial charge in [-0.05, 0) is 69.3 Å². The van der Waals surface area contributed by atoms with E-state index in [0.29, 0.717) is 18.3 Å². The van der Waals surface area contributed by atoms with Crippen molar-refractivity contribution in [1.82, 2.24) is 25.6 Å². The Kier molecular flexibility index (Phi) is 6.62.